The highest BCUT2D eigenvalue weighted by molar-refractivity contribution is 7.99. The van der Waals surface area contributed by atoms with Crippen LogP contribution >= 0.6 is 11.8 Å². The average molecular weight is 278 g/mol. The van der Waals surface area contributed by atoms with Gasteiger partial charge in [0.25, 0.3) is 0 Å². The van der Waals surface area contributed by atoms with Crippen LogP contribution in [0.4, 0.5) is 19.0 Å². The van der Waals surface area contributed by atoms with Crippen LogP contribution in [0.2, 0.25) is 0 Å². The molecule has 0 spiro atoms. The van der Waals surface area contributed by atoms with E-state index in [1.807, 2.05) is 6.92 Å². The van der Waals surface area contributed by atoms with Gasteiger partial charge in [0, 0.05) is 12.2 Å². The number of alkyl halides is 3. The Kier molecular flexibility index (Phi) is 5.78. The molecule has 18 heavy (non-hydrogen) atoms. The third-order valence-electron chi connectivity index (χ3n) is 2.40. The molecule has 102 valence electrons. The lowest BCUT2D eigenvalue weighted by atomic mass is 10.2. The largest absolute Gasteiger partial charge is 0.419 e. The fourth-order valence-electron chi connectivity index (χ4n) is 1.46. The molecule has 0 bridgehead atoms. The first-order chi connectivity index (χ1) is 8.45. The van der Waals surface area contributed by atoms with Crippen molar-refractivity contribution in [3.8, 4) is 0 Å². The van der Waals surface area contributed by atoms with Gasteiger partial charge in [-0.05, 0) is 37.0 Å². The maximum Gasteiger partial charge on any atom is 0.419 e. The molecule has 0 aromatic carbocycles. The number of hydrogen-bond acceptors (Lipinski definition) is 3. The molecular weight excluding hydrogens is 261 g/mol. The molecule has 0 fully saturated rings. The summed E-state index contributed by atoms with van der Waals surface area (Å²) in [5.41, 5.74) is -0.708. The summed E-state index contributed by atoms with van der Waals surface area (Å²) < 4.78 is 38.2. The minimum absolute atomic E-state index is 0.0277. The van der Waals surface area contributed by atoms with E-state index >= 15 is 0 Å². The minimum Gasteiger partial charge on any atom is -0.367 e. The smallest absolute Gasteiger partial charge is 0.367 e. The molecular formula is C12H17F3N2S. The third-order valence-corrected chi connectivity index (χ3v) is 3.33. The quantitative estimate of drug-likeness (QED) is 0.795. The Hall–Kier alpha value is -0.910. The first-order valence-electron chi connectivity index (χ1n) is 5.81. The number of nitrogens with zero attached hydrogens (tertiary/aromatic N) is 1. The summed E-state index contributed by atoms with van der Waals surface area (Å²) in [4.78, 5) is 3.78. The van der Waals surface area contributed by atoms with Crippen LogP contribution in [0.25, 0.3) is 0 Å². The second-order valence-corrected chi connectivity index (χ2v) is 5.32. The van der Waals surface area contributed by atoms with E-state index in [-0.39, 0.29) is 11.9 Å². The summed E-state index contributed by atoms with van der Waals surface area (Å²) in [6.45, 7) is 3.92. The second-order valence-electron chi connectivity index (χ2n) is 3.93. The molecule has 2 nitrogen and oxygen atoms in total. The molecule has 0 amide bonds. The Labute approximate surface area is 109 Å². The molecule has 6 heteroatoms. The number of pyridine rings is 1. The summed E-state index contributed by atoms with van der Waals surface area (Å²) in [7, 11) is 0. The predicted molar refractivity (Wildman–Crippen MR) is 69.9 cm³/mol. The molecule has 1 rings (SSSR count). The summed E-state index contributed by atoms with van der Waals surface area (Å²) in [5, 5.41) is 2.83. The third kappa shape index (κ3) is 4.76. The van der Waals surface area contributed by atoms with E-state index in [2.05, 4.69) is 17.2 Å². The van der Waals surface area contributed by atoms with Crippen LogP contribution in [-0.2, 0) is 6.18 Å². The van der Waals surface area contributed by atoms with Crippen LogP contribution in [0, 0.1) is 0 Å². The van der Waals surface area contributed by atoms with Gasteiger partial charge in [-0.25, -0.2) is 4.98 Å². The number of nitrogens with one attached hydrogen (secondary N) is 1. The number of rotatable bonds is 6. The van der Waals surface area contributed by atoms with Gasteiger partial charge in [0.2, 0.25) is 0 Å². The lowest BCUT2D eigenvalue weighted by molar-refractivity contribution is -0.137. The van der Waals surface area contributed by atoms with Crippen molar-refractivity contribution in [2.45, 2.75) is 32.5 Å². The summed E-state index contributed by atoms with van der Waals surface area (Å²) in [6.07, 6.45) is -2.19. The molecule has 0 saturated heterocycles. The normalized spacial score (nSPS) is 13.4. The van der Waals surface area contributed by atoms with Gasteiger partial charge in [0.1, 0.15) is 5.82 Å². The van der Waals surface area contributed by atoms with E-state index in [9.17, 15) is 13.2 Å². The van der Waals surface area contributed by atoms with Gasteiger partial charge in [0.15, 0.2) is 0 Å². The molecule has 0 saturated carbocycles. The zero-order chi connectivity index (χ0) is 13.6. The Morgan fingerprint density at radius 3 is 2.78 bits per heavy atom. The maximum atomic E-state index is 12.7. The molecule has 0 radical (unpaired) electrons. The SMILES string of the molecule is CCSCCC(C)Nc1ncccc1C(F)(F)F. The molecule has 1 atom stereocenters. The van der Waals surface area contributed by atoms with Gasteiger partial charge in [-0.3, -0.25) is 0 Å². The number of hydrogen-bond donors (Lipinski definition) is 1. The summed E-state index contributed by atoms with van der Waals surface area (Å²) in [6, 6.07) is 2.31. The van der Waals surface area contributed by atoms with Crippen molar-refractivity contribution in [1.29, 1.82) is 0 Å². The Bertz CT molecular complexity index is 369. The Morgan fingerprint density at radius 2 is 2.17 bits per heavy atom. The van der Waals surface area contributed by atoms with Crippen molar-refractivity contribution in [3.05, 3.63) is 23.9 Å². The first-order valence-corrected chi connectivity index (χ1v) is 6.97. The standard InChI is InChI=1S/C12H17F3N2S/c1-3-18-8-6-9(2)17-11-10(12(13,14)15)5-4-7-16-11/h4-5,7,9H,3,6,8H2,1-2H3,(H,16,17). The number of aromatic nitrogens is 1. The van der Waals surface area contributed by atoms with Crippen molar-refractivity contribution in [2.75, 3.05) is 16.8 Å². The fraction of sp³-hybridized carbons (Fsp3) is 0.583. The topological polar surface area (TPSA) is 24.9 Å². The molecule has 1 heterocycles. The van der Waals surface area contributed by atoms with Crippen LogP contribution in [0.3, 0.4) is 0 Å². The number of thioether (sulfide) groups is 1. The monoisotopic (exact) mass is 278 g/mol. The zero-order valence-electron chi connectivity index (χ0n) is 10.4. The van der Waals surface area contributed by atoms with Gasteiger partial charge in [-0.2, -0.15) is 24.9 Å². The summed E-state index contributed by atoms with van der Waals surface area (Å²) in [5.74, 6) is 1.86. The van der Waals surface area contributed by atoms with Crippen molar-refractivity contribution >= 4 is 17.6 Å². The van der Waals surface area contributed by atoms with Gasteiger partial charge >= 0.3 is 6.18 Å². The molecule has 1 N–H and O–H groups in total. The number of anilines is 1. The van der Waals surface area contributed by atoms with Gasteiger partial charge in [-0.15, -0.1) is 0 Å². The number of halogens is 3. The van der Waals surface area contributed by atoms with E-state index in [1.165, 1.54) is 12.3 Å². The van der Waals surface area contributed by atoms with Crippen LogP contribution in [0.15, 0.2) is 18.3 Å². The van der Waals surface area contributed by atoms with Crippen molar-refractivity contribution in [3.63, 3.8) is 0 Å². The molecule has 1 aromatic rings. The Morgan fingerprint density at radius 1 is 1.44 bits per heavy atom. The molecule has 0 aliphatic heterocycles. The molecule has 1 aromatic heterocycles. The van der Waals surface area contributed by atoms with Crippen molar-refractivity contribution in [1.82, 2.24) is 4.98 Å². The van der Waals surface area contributed by atoms with E-state index < -0.39 is 11.7 Å². The van der Waals surface area contributed by atoms with Crippen LogP contribution in [0.5, 0.6) is 0 Å². The van der Waals surface area contributed by atoms with Gasteiger partial charge < -0.3 is 5.32 Å². The average Bonchev–Trinajstić information content (AvgIpc) is 2.28. The van der Waals surface area contributed by atoms with E-state index in [0.717, 1.165) is 24.0 Å². The Balaban J connectivity index is 2.66. The van der Waals surface area contributed by atoms with E-state index in [4.69, 9.17) is 0 Å². The maximum absolute atomic E-state index is 12.7. The van der Waals surface area contributed by atoms with Crippen molar-refractivity contribution in [2.24, 2.45) is 0 Å². The highest BCUT2D eigenvalue weighted by Crippen LogP contribution is 2.33. The van der Waals surface area contributed by atoms with Crippen LogP contribution in [0.1, 0.15) is 25.8 Å². The molecule has 0 aliphatic carbocycles. The zero-order valence-corrected chi connectivity index (χ0v) is 11.2. The predicted octanol–water partition coefficient (Wildman–Crippen LogP) is 4.04. The van der Waals surface area contributed by atoms with Gasteiger partial charge in [0.05, 0.1) is 5.56 Å². The van der Waals surface area contributed by atoms with Gasteiger partial charge in [-0.1, -0.05) is 6.92 Å². The van der Waals surface area contributed by atoms with E-state index in [0.29, 0.717) is 0 Å². The van der Waals surface area contributed by atoms with E-state index in [1.54, 1.807) is 11.8 Å². The second kappa shape index (κ2) is 6.87. The first kappa shape index (κ1) is 15.1. The lowest BCUT2D eigenvalue weighted by Gasteiger charge is -2.17. The lowest BCUT2D eigenvalue weighted by Crippen LogP contribution is -2.20. The molecule has 1 unspecified atom stereocenters. The van der Waals surface area contributed by atoms with Crippen LogP contribution < -0.4 is 5.32 Å². The highest BCUT2D eigenvalue weighted by Gasteiger charge is 2.34. The molecule has 0 aliphatic rings. The van der Waals surface area contributed by atoms with Crippen LogP contribution in [-0.4, -0.2) is 22.5 Å². The summed E-state index contributed by atoms with van der Waals surface area (Å²) >= 11 is 1.77. The minimum atomic E-state index is -4.37. The van der Waals surface area contributed by atoms with Crippen molar-refractivity contribution < 1.29 is 13.2 Å². The highest BCUT2D eigenvalue weighted by atomic mass is 32.2. The fourth-order valence-corrected chi connectivity index (χ4v) is 2.27.